The lowest BCUT2D eigenvalue weighted by Gasteiger charge is -2.10. The summed E-state index contributed by atoms with van der Waals surface area (Å²) in [6.45, 7) is 1.05. The molecule has 2 heteroatoms. The van der Waals surface area contributed by atoms with Crippen LogP contribution in [-0.4, -0.2) is 24.4 Å². The number of aliphatic hydroxyl groups is 1. The van der Waals surface area contributed by atoms with E-state index >= 15 is 0 Å². The minimum atomic E-state index is 0.272. The lowest BCUT2D eigenvalue weighted by molar-refractivity contribution is 0.0558. The number of aliphatic hydroxyl groups excluding tert-OH is 1. The summed E-state index contributed by atoms with van der Waals surface area (Å²) in [6.07, 6.45) is 4.27. The molecule has 0 unspecified atom stereocenters. The van der Waals surface area contributed by atoms with Crippen LogP contribution < -0.4 is 0 Å². The molecular weight excluding hydrogens is 188 g/mol. The Hall–Kier alpha value is -0.860. The fourth-order valence-corrected chi connectivity index (χ4v) is 2.10. The molecule has 2 nitrogen and oxygen atoms in total. The van der Waals surface area contributed by atoms with Crippen molar-refractivity contribution in [3.63, 3.8) is 0 Å². The first kappa shape index (κ1) is 10.7. The number of benzene rings is 1. The van der Waals surface area contributed by atoms with E-state index in [9.17, 15) is 0 Å². The van der Waals surface area contributed by atoms with E-state index in [4.69, 9.17) is 9.84 Å². The van der Waals surface area contributed by atoms with E-state index in [1.54, 1.807) is 0 Å². The van der Waals surface area contributed by atoms with Crippen LogP contribution in [0.25, 0.3) is 0 Å². The van der Waals surface area contributed by atoms with Crippen LogP contribution in [0, 0.1) is 0 Å². The fourth-order valence-electron chi connectivity index (χ4n) is 2.10. The maximum absolute atomic E-state index is 8.64. The summed E-state index contributed by atoms with van der Waals surface area (Å²) in [6, 6.07) is 8.55. The van der Waals surface area contributed by atoms with Crippen LogP contribution in [0.15, 0.2) is 24.3 Å². The average Bonchev–Trinajstić information content (AvgIpc) is 2.67. The van der Waals surface area contributed by atoms with Gasteiger partial charge in [-0.25, -0.2) is 0 Å². The third-order valence-corrected chi connectivity index (χ3v) is 2.92. The second kappa shape index (κ2) is 5.29. The molecule has 1 aromatic carbocycles. The smallest absolute Gasteiger partial charge is 0.0655 e. The van der Waals surface area contributed by atoms with Crippen molar-refractivity contribution in [1.82, 2.24) is 0 Å². The van der Waals surface area contributed by atoms with Gasteiger partial charge in [-0.2, -0.15) is 0 Å². The first-order chi connectivity index (χ1) is 7.40. The summed E-state index contributed by atoms with van der Waals surface area (Å²) >= 11 is 0. The maximum Gasteiger partial charge on any atom is 0.0655 e. The number of hydrogen-bond donors (Lipinski definition) is 1. The molecule has 15 heavy (non-hydrogen) atoms. The number of ether oxygens (including phenoxy) is 1. The molecule has 0 heterocycles. The van der Waals surface area contributed by atoms with Crippen molar-refractivity contribution >= 4 is 0 Å². The topological polar surface area (TPSA) is 29.5 Å². The molecule has 0 fully saturated rings. The molecule has 0 radical (unpaired) electrons. The Labute approximate surface area is 90.9 Å². The van der Waals surface area contributed by atoms with E-state index in [0.29, 0.717) is 6.10 Å². The normalized spacial score (nSPS) is 15.5. The molecule has 0 atom stereocenters. The molecule has 0 saturated heterocycles. The first-order valence-corrected chi connectivity index (χ1v) is 5.69. The number of unbranched alkanes of at least 4 members (excludes halogenated alkanes) is 1. The predicted octanol–water partition coefficient (Wildman–Crippen LogP) is 1.94. The van der Waals surface area contributed by atoms with Crippen molar-refractivity contribution in [2.24, 2.45) is 0 Å². The third kappa shape index (κ3) is 2.80. The summed E-state index contributed by atoms with van der Waals surface area (Å²) in [5, 5.41) is 8.64. The maximum atomic E-state index is 8.64. The minimum absolute atomic E-state index is 0.272. The van der Waals surface area contributed by atoms with Crippen molar-refractivity contribution in [3.8, 4) is 0 Å². The quantitative estimate of drug-likeness (QED) is 0.746. The van der Waals surface area contributed by atoms with E-state index < -0.39 is 0 Å². The zero-order valence-corrected chi connectivity index (χ0v) is 8.98. The molecule has 2 rings (SSSR count). The molecule has 1 aliphatic rings. The van der Waals surface area contributed by atoms with Crippen molar-refractivity contribution in [2.45, 2.75) is 31.8 Å². The molecule has 0 aromatic heterocycles. The SMILES string of the molecule is OCCCCOC1Cc2ccccc2C1. The molecule has 0 amide bonds. The van der Waals surface area contributed by atoms with Crippen LogP contribution in [0.5, 0.6) is 0 Å². The summed E-state index contributed by atoms with van der Waals surface area (Å²) in [5.74, 6) is 0. The van der Waals surface area contributed by atoms with Gasteiger partial charge in [0.05, 0.1) is 6.10 Å². The van der Waals surface area contributed by atoms with Gasteiger partial charge in [0, 0.05) is 13.2 Å². The summed E-state index contributed by atoms with van der Waals surface area (Å²) < 4.78 is 5.78. The van der Waals surface area contributed by atoms with E-state index in [1.807, 2.05) is 0 Å². The second-order valence-electron chi connectivity index (χ2n) is 4.10. The van der Waals surface area contributed by atoms with Crippen LogP contribution in [-0.2, 0) is 17.6 Å². The van der Waals surface area contributed by atoms with Gasteiger partial charge in [-0.3, -0.25) is 0 Å². The summed E-state index contributed by atoms with van der Waals surface area (Å²) in [5.41, 5.74) is 2.87. The minimum Gasteiger partial charge on any atom is -0.396 e. The van der Waals surface area contributed by atoms with Gasteiger partial charge < -0.3 is 9.84 Å². The van der Waals surface area contributed by atoms with Gasteiger partial charge >= 0.3 is 0 Å². The van der Waals surface area contributed by atoms with Crippen LogP contribution in [0.4, 0.5) is 0 Å². The zero-order valence-electron chi connectivity index (χ0n) is 8.98. The molecule has 82 valence electrons. The lowest BCUT2D eigenvalue weighted by Crippen LogP contribution is -2.13. The van der Waals surface area contributed by atoms with Crippen molar-refractivity contribution in [2.75, 3.05) is 13.2 Å². The Bertz CT molecular complexity index is 284. The van der Waals surface area contributed by atoms with Gasteiger partial charge in [0.1, 0.15) is 0 Å². The molecule has 0 aliphatic heterocycles. The van der Waals surface area contributed by atoms with Gasteiger partial charge in [0.25, 0.3) is 0 Å². The first-order valence-electron chi connectivity index (χ1n) is 5.69. The van der Waals surface area contributed by atoms with Gasteiger partial charge in [-0.15, -0.1) is 0 Å². The number of fused-ring (bicyclic) bond motifs is 1. The molecule has 1 aliphatic carbocycles. The predicted molar refractivity (Wildman–Crippen MR) is 59.9 cm³/mol. The van der Waals surface area contributed by atoms with E-state index in [0.717, 1.165) is 32.3 Å². The van der Waals surface area contributed by atoms with Crippen LogP contribution in [0.1, 0.15) is 24.0 Å². The van der Waals surface area contributed by atoms with E-state index in [1.165, 1.54) is 11.1 Å². The molecule has 1 N–H and O–H groups in total. The van der Waals surface area contributed by atoms with Crippen molar-refractivity contribution in [3.05, 3.63) is 35.4 Å². The third-order valence-electron chi connectivity index (χ3n) is 2.92. The summed E-state index contributed by atoms with van der Waals surface area (Å²) in [7, 11) is 0. The average molecular weight is 206 g/mol. The highest BCUT2D eigenvalue weighted by Gasteiger charge is 2.20. The monoisotopic (exact) mass is 206 g/mol. The van der Waals surface area contributed by atoms with E-state index in [-0.39, 0.29) is 6.61 Å². The van der Waals surface area contributed by atoms with Crippen LogP contribution in [0.3, 0.4) is 0 Å². The van der Waals surface area contributed by atoms with Gasteiger partial charge in [-0.1, -0.05) is 24.3 Å². The Morgan fingerprint density at radius 1 is 1.13 bits per heavy atom. The molecule has 0 saturated carbocycles. The zero-order chi connectivity index (χ0) is 10.5. The lowest BCUT2D eigenvalue weighted by atomic mass is 10.1. The van der Waals surface area contributed by atoms with Crippen LogP contribution >= 0.6 is 0 Å². The Balaban J connectivity index is 1.76. The molecule has 0 spiro atoms. The second-order valence-corrected chi connectivity index (χ2v) is 4.10. The van der Waals surface area contributed by atoms with Crippen molar-refractivity contribution < 1.29 is 9.84 Å². The number of rotatable bonds is 5. The standard InChI is InChI=1S/C13H18O2/c14-7-3-4-8-15-13-9-11-5-1-2-6-12(11)10-13/h1-2,5-6,13-14H,3-4,7-10H2. The molecule has 1 aromatic rings. The molecular formula is C13H18O2. The van der Waals surface area contributed by atoms with Gasteiger partial charge in [0.2, 0.25) is 0 Å². The van der Waals surface area contributed by atoms with Crippen LogP contribution in [0.2, 0.25) is 0 Å². The van der Waals surface area contributed by atoms with E-state index in [2.05, 4.69) is 24.3 Å². The highest BCUT2D eigenvalue weighted by atomic mass is 16.5. The highest BCUT2D eigenvalue weighted by molar-refractivity contribution is 5.32. The van der Waals surface area contributed by atoms with Crippen molar-refractivity contribution in [1.29, 1.82) is 0 Å². The Morgan fingerprint density at radius 3 is 2.40 bits per heavy atom. The Morgan fingerprint density at radius 2 is 1.80 bits per heavy atom. The highest BCUT2D eigenvalue weighted by Crippen LogP contribution is 2.23. The number of hydrogen-bond acceptors (Lipinski definition) is 2. The largest absolute Gasteiger partial charge is 0.396 e. The molecule has 0 bridgehead atoms. The summed E-state index contributed by atoms with van der Waals surface area (Å²) in [4.78, 5) is 0. The van der Waals surface area contributed by atoms with Gasteiger partial charge in [-0.05, 0) is 36.8 Å². The van der Waals surface area contributed by atoms with Gasteiger partial charge in [0.15, 0.2) is 0 Å². The fraction of sp³-hybridized carbons (Fsp3) is 0.538. The Kier molecular flexibility index (Phi) is 3.75.